The van der Waals surface area contributed by atoms with Crippen LogP contribution in [0.25, 0.3) is 0 Å². The predicted molar refractivity (Wildman–Crippen MR) is 75.7 cm³/mol. The topological polar surface area (TPSA) is 18.5 Å². The van der Waals surface area contributed by atoms with E-state index in [2.05, 4.69) is 29.8 Å². The number of halogens is 2. The Morgan fingerprint density at radius 1 is 1.24 bits per heavy atom. The van der Waals surface area contributed by atoms with Gasteiger partial charge < -0.3 is 9.47 Å². The summed E-state index contributed by atoms with van der Waals surface area (Å²) in [5, 5.41) is 0.699. The third-order valence-corrected chi connectivity index (χ3v) is 4.67. The van der Waals surface area contributed by atoms with Crippen molar-refractivity contribution in [3.63, 3.8) is 0 Å². The lowest BCUT2D eigenvalue weighted by Crippen LogP contribution is -2.04. The molecule has 0 saturated heterocycles. The maximum absolute atomic E-state index is 6.27. The summed E-state index contributed by atoms with van der Waals surface area (Å²) in [7, 11) is 3.23. The first-order valence-electron chi connectivity index (χ1n) is 5.60. The van der Waals surface area contributed by atoms with Crippen molar-refractivity contribution in [2.24, 2.45) is 5.92 Å². The number of alkyl halides is 1. The number of ether oxygens (including phenoxy) is 2. The SMILES string of the molecule is CCC(C)C(Br)c1cc(OC)c(OC)cc1Cl. The number of rotatable bonds is 5. The summed E-state index contributed by atoms with van der Waals surface area (Å²) in [6, 6.07) is 3.74. The van der Waals surface area contributed by atoms with Crippen molar-refractivity contribution in [2.75, 3.05) is 14.2 Å². The monoisotopic (exact) mass is 320 g/mol. The van der Waals surface area contributed by atoms with Crippen LogP contribution in [0.15, 0.2) is 12.1 Å². The minimum atomic E-state index is 0.222. The zero-order chi connectivity index (χ0) is 13.0. The molecule has 1 aromatic rings. The van der Waals surface area contributed by atoms with Gasteiger partial charge in [0.15, 0.2) is 11.5 Å². The van der Waals surface area contributed by atoms with Crippen LogP contribution in [0.1, 0.15) is 30.7 Å². The molecule has 0 aliphatic rings. The minimum Gasteiger partial charge on any atom is -0.493 e. The van der Waals surface area contributed by atoms with Gasteiger partial charge in [0.2, 0.25) is 0 Å². The molecule has 2 nitrogen and oxygen atoms in total. The van der Waals surface area contributed by atoms with E-state index in [1.165, 1.54) is 0 Å². The molecular weight excluding hydrogens is 303 g/mol. The number of methoxy groups -OCH3 is 2. The lowest BCUT2D eigenvalue weighted by molar-refractivity contribution is 0.354. The molecule has 0 spiro atoms. The molecule has 17 heavy (non-hydrogen) atoms. The highest BCUT2D eigenvalue weighted by Crippen LogP contribution is 2.42. The highest BCUT2D eigenvalue weighted by Gasteiger charge is 2.20. The second-order valence-corrected chi connectivity index (χ2v) is 5.41. The molecule has 0 aliphatic heterocycles. The van der Waals surface area contributed by atoms with Crippen LogP contribution in [0.2, 0.25) is 5.02 Å². The smallest absolute Gasteiger partial charge is 0.162 e. The Hall–Kier alpha value is -0.410. The molecule has 0 aliphatic carbocycles. The largest absolute Gasteiger partial charge is 0.493 e. The standard InChI is InChI=1S/C13H18BrClO2/c1-5-8(2)13(14)9-6-11(16-3)12(17-4)7-10(9)15/h6-8,13H,5H2,1-4H3. The highest BCUT2D eigenvalue weighted by atomic mass is 79.9. The first kappa shape index (κ1) is 14.7. The van der Waals surface area contributed by atoms with Crippen LogP contribution in [-0.2, 0) is 0 Å². The van der Waals surface area contributed by atoms with E-state index < -0.39 is 0 Å². The zero-order valence-corrected chi connectivity index (χ0v) is 12.9. The number of hydrogen-bond acceptors (Lipinski definition) is 2. The van der Waals surface area contributed by atoms with Gasteiger partial charge in [-0.15, -0.1) is 0 Å². The molecule has 0 amide bonds. The fraction of sp³-hybridized carbons (Fsp3) is 0.538. The summed E-state index contributed by atoms with van der Waals surface area (Å²) < 4.78 is 10.5. The second kappa shape index (κ2) is 6.50. The van der Waals surface area contributed by atoms with Gasteiger partial charge >= 0.3 is 0 Å². The third-order valence-electron chi connectivity index (χ3n) is 2.94. The van der Waals surface area contributed by atoms with Gasteiger partial charge in [0.05, 0.1) is 14.2 Å². The summed E-state index contributed by atoms with van der Waals surface area (Å²) in [6.45, 7) is 4.35. The summed E-state index contributed by atoms with van der Waals surface area (Å²) in [4.78, 5) is 0.222. The maximum Gasteiger partial charge on any atom is 0.162 e. The molecule has 0 radical (unpaired) electrons. The highest BCUT2D eigenvalue weighted by molar-refractivity contribution is 9.09. The Labute approximate surface area is 116 Å². The average Bonchev–Trinajstić information content (AvgIpc) is 2.36. The van der Waals surface area contributed by atoms with E-state index >= 15 is 0 Å². The van der Waals surface area contributed by atoms with Gasteiger partial charge in [-0.05, 0) is 17.5 Å². The van der Waals surface area contributed by atoms with Gasteiger partial charge in [0.1, 0.15) is 0 Å². The van der Waals surface area contributed by atoms with E-state index in [4.69, 9.17) is 21.1 Å². The van der Waals surface area contributed by atoms with Crippen molar-refractivity contribution in [1.29, 1.82) is 0 Å². The number of benzene rings is 1. The quantitative estimate of drug-likeness (QED) is 0.723. The van der Waals surface area contributed by atoms with Crippen LogP contribution in [0.3, 0.4) is 0 Å². The van der Waals surface area contributed by atoms with Crippen LogP contribution in [0.4, 0.5) is 0 Å². The summed E-state index contributed by atoms with van der Waals surface area (Å²) >= 11 is 9.96. The van der Waals surface area contributed by atoms with Gasteiger partial charge in [-0.1, -0.05) is 47.8 Å². The third kappa shape index (κ3) is 3.29. The molecule has 0 N–H and O–H groups in total. The lowest BCUT2D eigenvalue weighted by atomic mass is 9.98. The van der Waals surface area contributed by atoms with Gasteiger partial charge in [0, 0.05) is 15.9 Å². The van der Waals surface area contributed by atoms with Crippen LogP contribution >= 0.6 is 27.5 Å². The van der Waals surface area contributed by atoms with Gasteiger partial charge in [-0.2, -0.15) is 0 Å². The van der Waals surface area contributed by atoms with Crippen molar-refractivity contribution in [3.05, 3.63) is 22.7 Å². The molecule has 0 saturated carbocycles. The molecule has 1 rings (SSSR count). The maximum atomic E-state index is 6.27. The van der Waals surface area contributed by atoms with Crippen LogP contribution < -0.4 is 9.47 Å². The molecule has 0 aromatic heterocycles. The number of hydrogen-bond donors (Lipinski definition) is 0. The minimum absolute atomic E-state index is 0.222. The van der Waals surface area contributed by atoms with Crippen LogP contribution in [-0.4, -0.2) is 14.2 Å². The van der Waals surface area contributed by atoms with Crippen LogP contribution in [0, 0.1) is 5.92 Å². The predicted octanol–water partition coefficient (Wildman–Crippen LogP) is 4.84. The molecule has 96 valence electrons. The van der Waals surface area contributed by atoms with Crippen LogP contribution in [0.5, 0.6) is 11.5 Å². The summed E-state index contributed by atoms with van der Waals surface area (Å²) in [5.41, 5.74) is 1.04. The van der Waals surface area contributed by atoms with Gasteiger partial charge in [0.25, 0.3) is 0 Å². The second-order valence-electron chi connectivity index (χ2n) is 4.02. The Balaban J connectivity index is 3.16. The molecule has 0 fully saturated rings. The normalized spacial score (nSPS) is 14.2. The fourth-order valence-electron chi connectivity index (χ4n) is 1.59. The van der Waals surface area contributed by atoms with Crippen molar-refractivity contribution in [1.82, 2.24) is 0 Å². The molecule has 0 bridgehead atoms. The van der Waals surface area contributed by atoms with E-state index in [1.807, 2.05) is 6.07 Å². The Kier molecular flexibility index (Phi) is 5.60. The average molecular weight is 322 g/mol. The van der Waals surface area contributed by atoms with Gasteiger partial charge in [-0.3, -0.25) is 0 Å². The van der Waals surface area contributed by atoms with Gasteiger partial charge in [-0.25, -0.2) is 0 Å². The van der Waals surface area contributed by atoms with E-state index in [-0.39, 0.29) is 4.83 Å². The van der Waals surface area contributed by atoms with Crippen molar-refractivity contribution < 1.29 is 9.47 Å². The lowest BCUT2D eigenvalue weighted by Gasteiger charge is -2.20. The Morgan fingerprint density at radius 3 is 2.24 bits per heavy atom. The van der Waals surface area contributed by atoms with E-state index in [0.29, 0.717) is 22.4 Å². The van der Waals surface area contributed by atoms with E-state index in [9.17, 15) is 0 Å². The molecule has 1 aromatic carbocycles. The van der Waals surface area contributed by atoms with E-state index in [1.54, 1.807) is 20.3 Å². The first-order valence-corrected chi connectivity index (χ1v) is 6.89. The Morgan fingerprint density at radius 2 is 1.76 bits per heavy atom. The summed E-state index contributed by atoms with van der Waals surface area (Å²) in [5.74, 6) is 1.87. The summed E-state index contributed by atoms with van der Waals surface area (Å²) in [6.07, 6.45) is 1.08. The molecule has 2 unspecified atom stereocenters. The fourth-order valence-corrected chi connectivity index (χ4v) is 2.75. The molecule has 4 heteroatoms. The van der Waals surface area contributed by atoms with Crippen molar-refractivity contribution in [3.8, 4) is 11.5 Å². The van der Waals surface area contributed by atoms with E-state index in [0.717, 1.165) is 12.0 Å². The molecule has 0 heterocycles. The Bertz CT molecular complexity index is 382. The zero-order valence-electron chi connectivity index (χ0n) is 10.6. The van der Waals surface area contributed by atoms with Crippen molar-refractivity contribution >= 4 is 27.5 Å². The first-order chi connectivity index (χ1) is 8.04. The molecule has 2 atom stereocenters. The van der Waals surface area contributed by atoms with Crippen molar-refractivity contribution in [2.45, 2.75) is 25.1 Å². The molecular formula is C13H18BrClO2.